The van der Waals surface area contributed by atoms with Gasteiger partial charge in [-0.15, -0.1) is 0 Å². The molecule has 28 heavy (non-hydrogen) atoms. The van der Waals surface area contributed by atoms with Crippen LogP contribution in [-0.2, 0) is 27.4 Å². The molecule has 0 bridgehead atoms. The maximum absolute atomic E-state index is 13.1. The zero-order chi connectivity index (χ0) is 19.7. The predicted octanol–water partition coefficient (Wildman–Crippen LogP) is -0.0859. The highest BCUT2D eigenvalue weighted by atomic mass is 16.5. The molecule has 1 unspecified atom stereocenters. The van der Waals surface area contributed by atoms with Crippen molar-refractivity contribution in [3.8, 4) is 0 Å². The van der Waals surface area contributed by atoms with Crippen molar-refractivity contribution in [3.63, 3.8) is 0 Å². The lowest BCUT2D eigenvalue weighted by atomic mass is 10.0. The van der Waals surface area contributed by atoms with E-state index in [9.17, 15) is 14.4 Å². The number of nitrogens with zero attached hydrogens (tertiary/aromatic N) is 1. The molecule has 3 N–H and O–H groups in total. The highest BCUT2D eigenvalue weighted by Crippen LogP contribution is 2.29. The van der Waals surface area contributed by atoms with Gasteiger partial charge in [-0.2, -0.15) is 0 Å². The minimum Gasteiger partial charge on any atom is -0.380 e. The number of hydrogen-bond acceptors (Lipinski definition) is 6. The summed E-state index contributed by atoms with van der Waals surface area (Å²) in [5.41, 5.74) is 2.56. The lowest BCUT2D eigenvalue weighted by Crippen LogP contribution is -2.52. The van der Waals surface area contributed by atoms with E-state index in [0.717, 1.165) is 30.6 Å². The van der Waals surface area contributed by atoms with Crippen LogP contribution in [0.5, 0.6) is 0 Å². The largest absolute Gasteiger partial charge is 0.380 e. The first kappa shape index (κ1) is 19.0. The highest BCUT2D eigenvalue weighted by Gasteiger charge is 2.40. The van der Waals surface area contributed by atoms with Crippen LogP contribution in [0.25, 0.3) is 0 Å². The van der Waals surface area contributed by atoms with Gasteiger partial charge in [0.2, 0.25) is 11.8 Å². The molecule has 0 radical (unpaired) electrons. The second kappa shape index (κ2) is 7.98. The fourth-order valence-corrected chi connectivity index (χ4v) is 4.33. The lowest BCUT2D eigenvalue weighted by molar-refractivity contribution is -0.136. The van der Waals surface area contributed by atoms with Gasteiger partial charge in [-0.3, -0.25) is 19.7 Å². The fourth-order valence-electron chi connectivity index (χ4n) is 4.33. The van der Waals surface area contributed by atoms with Gasteiger partial charge in [-0.1, -0.05) is 18.2 Å². The van der Waals surface area contributed by atoms with Gasteiger partial charge in [0, 0.05) is 51.3 Å². The molecular weight excluding hydrogens is 360 g/mol. The minimum absolute atomic E-state index is 0.126. The summed E-state index contributed by atoms with van der Waals surface area (Å²) in [5.74, 6) is -0.778. The van der Waals surface area contributed by atoms with Crippen molar-refractivity contribution < 1.29 is 19.1 Å². The van der Waals surface area contributed by atoms with Gasteiger partial charge in [0.15, 0.2) is 0 Å². The molecule has 0 aliphatic carbocycles. The van der Waals surface area contributed by atoms with Crippen molar-refractivity contribution in [3.05, 3.63) is 34.9 Å². The first-order valence-corrected chi connectivity index (χ1v) is 9.79. The first-order chi connectivity index (χ1) is 13.6. The standard InChI is InChI=1S/C20H26N4O4/c1-28-15-7-14(9-21-10-15)22-8-12-3-2-4-13-11-24(20(27)18(12)13)16-5-6-17(25)23-19(16)26/h2-4,14-16,21-22H,5-11H2,1H3,(H,23,25,26)/t14-,15-,16?/m0/s1. The Balaban J connectivity index is 1.46. The van der Waals surface area contributed by atoms with Crippen LogP contribution in [-0.4, -0.2) is 61.0 Å². The molecule has 150 valence electrons. The average Bonchev–Trinajstić information content (AvgIpc) is 3.03. The third-order valence-electron chi connectivity index (χ3n) is 5.86. The normalized spacial score (nSPS) is 27.7. The number of hydrogen-bond donors (Lipinski definition) is 3. The Kier molecular flexibility index (Phi) is 5.43. The third kappa shape index (κ3) is 3.67. The molecule has 3 amide bonds. The Morgan fingerprint density at radius 1 is 1.25 bits per heavy atom. The van der Waals surface area contributed by atoms with Gasteiger partial charge in [-0.25, -0.2) is 0 Å². The van der Waals surface area contributed by atoms with Crippen LogP contribution in [0.3, 0.4) is 0 Å². The molecule has 0 aromatic heterocycles. The Morgan fingerprint density at radius 2 is 2.11 bits per heavy atom. The van der Waals surface area contributed by atoms with E-state index in [1.54, 1.807) is 12.0 Å². The van der Waals surface area contributed by atoms with Gasteiger partial charge in [0.1, 0.15) is 6.04 Å². The van der Waals surface area contributed by atoms with E-state index < -0.39 is 6.04 Å². The summed E-state index contributed by atoms with van der Waals surface area (Å²) < 4.78 is 5.44. The number of imide groups is 1. The zero-order valence-corrected chi connectivity index (χ0v) is 16.0. The second-order valence-electron chi connectivity index (χ2n) is 7.68. The SMILES string of the molecule is CO[C@@H]1CNC[C@@H](NCc2cccc3c2C(=O)N(C2CCC(=O)NC2=O)C3)C1. The third-order valence-corrected chi connectivity index (χ3v) is 5.86. The van der Waals surface area contributed by atoms with E-state index >= 15 is 0 Å². The van der Waals surface area contributed by atoms with E-state index in [1.807, 2.05) is 18.2 Å². The van der Waals surface area contributed by atoms with Crippen LogP contribution in [0.1, 0.15) is 40.7 Å². The van der Waals surface area contributed by atoms with Gasteiger partial charge >= 0.3 is 0 Å². The number of piperidine rings is 2. The minimum atomic E-state index is -0.580. The van der Waals surface area contributed by atoms with E-state index in [0.29, 0.717) is 25.1 Å². The molecular formula is C20H26N4O4. The lowest BCUT2D eigenvalue weighted by Gasteiger charge is -2.30. The number of benzene rings is 1. The molecule has 3 aliphatic heterocycles. The van der Waals surface area contributed by atoms with Crippen molar-refractivity contribution in [1.82, 2.24) is 20.9 Å². The number of carbonyl (C=O) groups is 3. The summed E-state index contributed by atoms with van der Waals surface area (Å²) in [6.07, 6.45) is 1.76. The Labute approximate surface area is 164 Å². The van der Waals surface area contributed by atoms with Crippen LogP contribution in [0.4, 0.5) is 0 Å². The van der Waals surface area contributed by atoms with Gasteiger partial charge in [-0.05, 0) is 24.0 Å². The first-order valence-electron chi connectivity index (χ1n) is 9.79. The summed E-state index contributed by atoms with van der Waals surface area (Å²) in [4.78, 5) is 38.3. The molecule has 3 aliphatic rings. The number of ether oxygens (including phenoxy) is 1. The number of rotatable bonds is 5. The van der Waals surface area contributed by atoms with Crippen molar-refractivity contribution in [2.75, 3.05) is 20.2 Å². The molecule has 1 aromatic rings. The summed E-state index contributed by atoms with van der Waals surface area (Å²) in [7, 11) is 1.72. The highest BCUT2D eigenvalue weighted by molar-refractivity contribution is 6.05. The molecule has 3 heterocycles. The molecule has 0 saturated carbocycles. The van der Waals surface area contributed by atoms with E-state index in [2.05, 4.69) is 16.0 Å². The van der Waals surface area contributed by atoms with E-state index in [-0.39, 0.29) is 36.3 Å². The average molecular weight is 386 g/mol. The van der Waals surface area contributed by atoms with Crippen molar-refractivity contribution in [2.24, 2.45) is 0 Å². The molecule has 8 nitrogen and oxygen atoms in total. The van der Waals surface area contributed by atoms with Crippen LogP contribution in [0, 0.1) is 0 Å². The smallest absolute Gasteiger partial charge is 0.255 e. The number of methoxy groups -OCH3 is 1. The maximum atomic E-state index is 13.1. The molecule has 4 rings (SSSR count). The quantitative estimate of drug-likeness (QED) is 0.612. The molecule has 8 heteroatoms. The predicted molar refractivity (Wildman–Crippen MR) is 101 cm³/mol. The van der Waals surface area contributed by atoms with Crippen LogP contribution < -0.4 is 16.0 Å². The topological polar surface area (TPSA) is 99.8 Å². The monoisotopic (exact) mass is 386 g/mol. The maximum Gasteiger partial charge on any atom is 0.255 e. The van der Waals surface area contributed by atoms with E-state index in [1.165, 1.54) is 0 Å². The van der Waals surface area contributed by atoms with Crippen molar-refractivity contribution in [2.45, 2.75) is 50.5 Å². The summed E-state index contributed by atoms with van der Waals surface area (Å²) in [6.45, 7) is 2.71. The summed E-state index contributed by atoms with van der Waals surface area (Å²) >= 11 is 0. The number of nitrogens with one attached hydrogen (secondary N) is 3. The zero-order valence-electron chi connectivity index (χ0n) is 16.0. The molecule has 2 saturated heterocycles. The number of carbonyl (C=O) groups excluding carboxylic acids is 3. The number of amides is 3. The van der Waals surface area contributed by atoms with Gasteiger partial charge in [0.25, 0.3) is 5.91 Å². The fraction of sp³-hybridized carbons (Fsp3) is 0.550. The van der Waals surface area contributed by atoms with Crippen LogP contribution in [0.15, 0.2) is 18.2 Å². The molecule has 3 atom stereocenters. The molecule has 1 aromatic carbocycles. The summed E-state index contributed by atoms with van der Waals surface area (Å²) in [5, 5.41) is 9.22. The van der Waals surface area contributed by atoms with Gasteiger partial charge < -0.3 is 20.3 Å². The molecule has 2 fully saturated rings. The second-order valence-corrected chi connectivity index (χ2v) is 7.68. The van der Waals surface area contributed by atoms with Crippen LogP contribution >= 0.6 is 0 Å². The van der Waals surface area contributed by atoms with E-state index in [4.69, 9.17) is 4.74 Å². The molecule has 0 spiro atoms. The van der Waals surface area contributed by atoms with Gasteiger partial charge in [0.05, 0.1) is 6.10 Å². The van der Waals surface area contributed by atoms with Crippen LogP contribution in [0.2, 0.25) is 0 Å². The van der Waals surface area contributed by atoms with Crippen molar-refractivity contribution >= 4 is 17.7 Å². The summed E-state index contributed by atoms with van der Waals surface area (Å²) in [6, 6.07) is 5.54. The van der Waals surface area contributed by atoms with Crippen molar-refractivity contribution in [1.29, 1.82) is 0 Å². The Bertz CT molecular complexity index is 796. The Hall–Kier alpha value is -2.29. The Morgan fingerprint density at radius 3 is 2.89 bits per heavy atom. The number of fused-ring (bicyclic) bond motifs is 1.